The van der Waals surface area contributed by atoms with E-state index in [1.165, 1.54) is 32.1 Å². The van der Waals surface area contributed by atoms with Crippen molar-refractivity contribution in [3.05, 3.63) is 23.8 Å². The number of aliphatic hydroxyl groups is 5. The lowest BCUT2D eigenvalue weighted by molar-refractivity contribution is -0.260. The molecule has 0 saturated carbocycles. The standard InChI is InChI=1S/C24H34O11/c1-11-9-14(33-12(2)25)18(28)21(4)8-7-15(27)22(5,30)17(21)19(34-13(3)26)24(32)16(10-11)35-20(29)23(24,6)31/h7-8,10,14-19,27-28,30-32H,9H2,1-6H3/b11-10-/t14-,15-,16+,17-,18-,19+,21-,22-,23-,24+/m1/s1. The lowest BCUT2D eigenvalue weighted by Gasteiger charge is -2.57. The number of fused-ring (bicyclic) bond motifs is 2. The first-order valence-electron chi connectivity index (χ1n) is 11.4. The molecule has 0 bridgehead atoms. The van der Waals surface area contributed by atoms with Gasteiger partial charge in [-0.2, -0.15) is 0 Å². The number of hydrogen-bond donors (Lipinski definition) is 5. The van der Waals surface area contributed by atoms with E-state index in [1.807, 2.05) is 0 Å². The fourth-order valence-corrected chi connectivity index (χ4v) is 5.75. The van der Waals surface area contributed by atoms with Crippen LogP contribution in [-0.4, -0.2) is 90.8 Å². The molecule has 11 heteroatoms. The predicted octanol–water partition coefficient (Wildman–Crippen LogP) is -0.728. The molecule has 3 aliphatic rings. The van der Waals surface area contributed by atoms with E-state index >= 15 is 0 Å². The summed E-state index contributed by atoms with van der Waals surface area (Å²) in [6.45, 7) is 7.47. The Balaban J connectivity index is 2.41. The number of rotatable bonds is 2. The first-order valence-corrected chi connectivity index (χ1v) is 11.4. The lowest BCUT2D eigenvalue weighted by Crippen LogP contribution is -2.73. The molecular weight excluding hydrogens is 464 g/mol. The number of carbonyl (C=O) groups is 3. The van der Waals surface area contributed by atoms with Crippen molar-refractivity contribution in [1.82, 2.24) is 0 Å². The molecule has 0 unspecified atom stereocenters. The molecule has 1 heterocycles. The second-order valence-corrected chi connectivity index (χ2v) is 10.4. The van der Waals surface area contributed by atoms with Crippen LogP contribution >= 0.6 is 0 Å². The summed E-state index contributed by atoms with van der Waals surface area (Å²) in [5, 5.41) is 57.0. The van der Waals surface area contributed by atoms with Gasteiger partial charge in [-0.25, -0.2) is 4.79 Å². The molecule has 1 fully saturated rings. The third-order valence-electron chi connectivity index (χ3n) is 7.68. The molecule has 0 radical (unpaired) electrons. The topological polar surface area (TPSA) is 180 Å². The molecular formula is C24H34O11. The quantitative estimate of drug-likeness (QED) is 0.184. The number of esters is 3. The van der Waals surface area contributed by atoms with E-state index in [4.69, 9.17) is 14.2 Å². The highest BCUT2D eigenvalue weighted by atomic mass is 16.6. The van der Waals surface area contributed by atoms with Crippen LogP contribution in [0.5, 0.6) is 0 Å². The Kier molecular flexibility index (Phi) is 6.75. The van der Waals surface area contributed by atoms with Crippen molar-refractivity contribution >= 4 is 17.9 Å². The minimum atomic E-state index is -2.65. The average Bonchev–Trinajstić information content (AvgIpc) is 2.88. The third kappa shape index (κ3) is 4.09. The zero-order valence-electron chi connectivity index (χ0n) is 20.6. The van der Waals surface area contributed by atoms with E-state index in [9.17, 15) is 39.9 Å². The van der Waals surface area contributed by atoms with Gasteiger partial charge in [-0.15, -0.1) is 0 Å². The molecule has 0 spiro atoms. The van der Waals surface area contributed by atoms with Crippen LogP contribution in [0.1, 0.15) is 48.0 Å². The minimum absolute atomic E-state index is 0.0495. The van der Waals surface area contributed by atoms with Crippen molar-refractivity contribution in [2.24, 2.45) is 11.3 Å². The molecule has 35 heavy (non-hydrogen) atoms. The molecule has 0 aromatic rings. The molecule has 1 aliphatic heterocycles. The molecule has 5 N–H and O–H groups in total. The van der Waals surface area contributed by atoms with Crippen molar-refractivity contribution in [2.75, 3.05) is 0 Å². The van der Waals surface area contributed by atoms with Gasteiger partial charge < -0.3 is 39.7 Å². The van der Waals surface area contributed by atoms with Crippen LogP contribution in [-0.2, 0) is 28.6 Å². The molecule has 0 amide bonds. The summed E-state index contributed by atoms with van der Waals surface area (Å²) >= 11 is 0. The van der Waals surface area contributed by atoms with Gasteiger partial charge in [-0.05, 0) is 26.8 Å². The summed E-state index contributed by atoms with van der Waals surface area (Å²) in [4.78, 5) is 36.8. The second kappa shape index (κ2) is 8.67. The highest BCUT2D eigenvalue weighted by Crippen LogP contribution is 2.55. The summed E-state index contributed by atoms with van der Waals surface area (Å²) in [6.07, 6.45) is -3.82. The molecule has 0 aromatic carbocycles. The number of ether oxygens (including phenoxy) is 3. The van der Waals surface area contributed by atoms with E-state index in [0.29, 0.717) is 5.57 Å². The van der Waals surface area contributed by atoms with Crippen molar-refractivity contribution in [1.29, 1.82) is 0 Å². The highest BCUT2D eigenvalue weighted by Gasteiger charge is 2.74. The van der Waals surface area contributed by atoms with Crippen LogP contribution in [0.4, 0.5) is 0 Å². The largest absolute Gasteiger partial charge is 0.459 e. The van der Waals surface area contributed by atoms with E-state index in [-0.39, 0.29) is 6.42 Å². The summed E-state index contributed by atoms with van der Waals surface area (Å²) in [5.74, 6) is -4.35. The number of hydrogen-bond acceptors (Lipinski definition) is 11. The van der Waals surface area contributed by atoms with Gasteiger partial charge in [0.2, 0.25) is 0 Å². The smallest absolute Gasteiger partial charge is 0.341 e. The van der Waals surface area contributed by atoms with Crippen molar-refractivity contribution < 1.29 is 54.1 Å². The monoisotopic (exact) mass is 498 g/mol. The van der Waals surface area contributed by atoms with Gasteiger partial charge in [-0.1, -0.05) is 24.6 Å². The third-order valence-corrected chi connectivity index (χ3v) is 7.68. The summed E-state index contributed by atoms with van der Waals surface area (Å²) < 4.78 is 16.2. The van der Waals surface area contributed by atoms with Gasteiger partial charge in [0, 0.05) is 31.6 Å². The van der Waals surface area contributed by atoms with E-state index in [2.05, 4.69) is 0 Å². The van der Waals surface area contributed by atoms with Crippen LogP contribution in [0.25, 0.3) is 0 Å². The van der Waals surface area contributed by atoms with Gasteiger partial charge in [0.15, 0.2) is 17.3 Å². The van der Waals surface area contributed by atoms with Crippen molar-refractivity contribution in [2.45, 2.75) is 95.3 Å². The lowest BCUT2D eigenvalue weighted by atomic mass is 9.54. The van der Waals surface area contributed by atoms with Crippen molar-refractivity contribution in [3.63, 3.8) is 0 Å². The first-order chi connectivity index (χ1) is 15.9. The number of aliphatic hydroxyl groups excluding tert-OH is 2. The zero-order chi connectivity index (χ0) is 26.7. The van der Waals surface area contributed by atoms with Crippen LogP contribution in [0.3, 0.4) is 0 Å². The molecule has 196 valence electrons. The summed E-state index contributed by atoms with van der Waals surface area (Å²) in [6, 6.07) is 0. The van der Waals surface area contributed by atoms with Gasteiger partial charge in [0.25, 0.3) is 0 Å². The molecule has 10 atom stereocenters. The SMILES string of the molecule is CC(=O)O[C@@H]1C/C(C)=C\[C@@H]2OC(=O)[C@@](C)(O)[C@@]2(O)[C@@H](OC(C)=O)[C@H]2[C@](C)(O)[C@H](O)C=C[C@@]2(C)[C@@H]1O. The number of carbonyl (C=O) groups excluding carboxylic acids is 3. The molecule has 2 aliphatic carbocycles. The Morgan fingerprint density at radius 3 is 2.17 bits per heavy atom. The first kappa shape index (κ1) is 27.3. The Hall–Kier alpha value is -2.31. The maximum Gasteiger partial charge on any atom is 0.341 e. The van der Waals surface area contributed by atoms with Gasteiger partial charge >= 0.3 is 17.9 Å². The van der Waals surface area contributed by atoms with E-state index < -0.39 is 76.6 Å². The van der Waals surface area contributed by atoms with Gasteiger partial charge in [0.05, 0.1) is 5.60 Å². The normalized spacial score (nSPS) is 49.1. The Morgan fingerprint density at radius 1 is 1.06 bits per heavy atom. The molecule has 0 aromatic heterocycles. The Labute approximate surface area is 203 Å². The molecule has 11 nitrogen and oxygen atoms in total. The van der Waals surface area contributed by atoms with E-state index in [1.54, 1.807) is 6.92 Å². The Morgan fingerprint density at radius 2 is 1.63 bits per heavy atom. The van der Waals surface area contributed by atoms with Crippen LogP contribution in [0.2, 0.25) is 0 Å². The second-order valence-electron chi connectivity index (χ2n) is 10.4. The molecule has 1 saturated heterocycles. The summed E-state index contributed by atoms with van der Waals surface area (Å²) in [7, 11) is 0. The van der Waals surface area contributed by atoms with Gasteiger partial charge in [-0.3, -0.25) is 9.59 Å². The van der Waals surface area contributed by atoms with Crippen LogP contribution in [0.15, 0.2) is 23.8 Å². The minimum Gasteiger partial charge on any atom is -0.459 e. The predicted molar refractivity (Wildman–Crippen MR) is 118 cm³/mol. The fourth-order valence-electron chi connectivity index (χ4n) is 5.75. The van der Waals surface area contributed by atoms with Crippen LogP contribution < -0.4 is 0 Å². The van der Waals surface area contributed by atoms with Crippen LogP contribution in [0, 0.1) is 11.3 Å². The summed E-state index contributed by atoms with van der Waals surface area (Å²) in [5.41, 5.74) is -8.63. The van der Waals surface area contributed by atoms with E-state index in [0.717, 1.165) is 20.8 Å². The highest BCUT2D eigenvalue weighted by molar-refractivity contribution is 5.84. The zero-order valence-corrected chi connectivity index (χ0v) is 20.6. The molecule has 3 rings (SSSR count). The average molecular weight is 499 g/mol. The fraction of sp³-hybridized carbons (Fsp3) is 0.708. The maximum atomic E-state index is 12.7. The van der Waals surface area contributed by atoms with Crippen molar-refractivity contribution in [3.8, 4) is 0 Å². The Bertz CT molecular complexity index is 967. The van der Waals surface area contributed by atoms with Gasteiger partial charge in [0.1, 0.15) is 24.4 Å². The maximum absolute atomic E-state index is 12.7.